The maximum Gasteiger partial charge on any atom is 0.262 e. The average Bonchev–Trinajstić information content (AvgIpc) is 3.02. The minimum absolute atomic E-state index is 0.0830. The normalized spacial score (nSPS) is 18.6. The lowest BCUT2D eigenvalue weighted by atomic mass is 9.63. The van der Waals surface area contributed by atoms with E-state index in [4.69, 9.17) is 9.47 Å². The van der Waals surface area contributed by atoms with E-state index in [1.54, 1.807) is 0 Å². The van der Waals surface area contributed by atoms with Gasteiger partial charge in [0, 0.05) is 53.5 Å². The number of para-hydroxylation sites is 1. The maximum atomic E-state index is 14.3. The van der Waals surface area contributed by atoms with Gasteiger partial charge < -0.3 is 19.7 Å². The molecule has 3 aromatic carbocycles. The molecule has 7 nitrogen and oxygen atoms in total. The van der Waals surface area contributed by atoms with E-state index in [-0.39, 0.29) is 34.9 Å². The van der Waals surface area contributed by atoms with Gasteiger partial charge in [-0.15, -0.1) is 0 Å². The van der Waals surface area contributed by atoms with Crippen molar-refractivity contribution in [3.05, 3.63) is 110 Å². The van der Waals surface area contributed by atoms with Gasteiger partial charge >= 0.3 is 0 Å². The molecule has 0 aromatic heterocycles. The molecule has 1 N–H and O–H groups in total. The third kappa shape index (κ3) is 7.35. The highest BCUT2D eigenvalue weighted by Crippen LogP contribution is 2.55. The molecule has 256 valence electrons. The Kier molecular flexibility index (Phi) is 9.81. The number of rotatable bonds is 9. The Balaban J connectivity index is 1.44. The first-order valence-corrected chi connectivity index (χ1v) is 18.1. The van der Waals surface area contributed by atoms with E-state index in [1.165, 1.54) is 0 Å². The van der Waals surface area contributed by atoms with Crippen LogP contribution in [0.5, 0.6) is 11.5 Å². The molecule has 0 atom stereocenters. The lowest BCUT2D eigenvalue weighted by molar-refractivity contribution is -0.120. The molecule has 3 aromatic rings. The summed E-state index contributed by atoms with van der Waals surface area (Å²) >= 11 is 2.21. The number of halogens is 1. The van der Waals surface area contributed by atoms with Crippen LogP contribution in [0.3, 0.4) is 0 Å². The number of aryl methyl sites for hydroxylation is 1. The van der Waals surface area contributed by atoms with Crippen LogP contribution in [0.1, 0.15) is 82.9 Å². The molecule has 49 heavy (non-hydrogen) atoms. The predicted molar refractivity (Wildman–Crippen MR) is 200 cm³/mol. The molecular weight excluding hydrogens is 727 g/mol. The molecule has 8 heteroatoms. The first-order valence-electron chi connectivity index (χ1n) is 17.1. The number of ether oxygens (including phenoxy) is 2. The number of hydrogen-bond donors (Lipinski definition) is 1. The molecule has 6 rings (SSSR count). The van der Waals surface area contributed by atoms with Crippen LogP contribution in [-0.4, -0.2) is 35.6 Å². The smallest absolute Gasteiger partial charge is 0.262 e. The van der Waals surface area contributed by atoms with Gasteiger partial charge in [0.15, 0.2) is 29.7 Å². The number of hydrogen-bond acceptors (Lipinski definition) is 6. The fourth-order valence-corrected chi connectivity index (χ4v) is 8.31. The van der Waals surface area contributed by atoms with Gasteiger partial charge in [-0.25, -0.2) is 0 Å². The number of benzene rings is 3. The van der Waals surface area contributed by atoms with Gasteiger partial charge in [0.25, 0.3) is 5.91 Å². The van der Waals surface area contributed by atoms with Gasteiger partial charge in [0.2, 0.25) is 0 Å². The first-order chi connectivity index (χ1) is 23.3. The Labute approximate surface area is 303 Å². The summed E-state index contributed by atoms with van der Waals surface area (Å²) in [5.74, 6) is 0.312. The molecule has 0 saturated heterocycles. The van der Waals surface area contributed by atoms with E-state index in [2.05, 4.69) is 72.6 Å². The van der Waals surface area contributed by atoms with E-state index < -0.39 is 5.92 Å². The topological polar surface area (TPSA) is 84.9 Å². The number of carbonyl (C=O) groups excluding carboxylic acids is 3. The number of carbonyl (C=O) groups is 3. The minimum Gasteiger partial charge on any atom is -0.490 e. The van der Waals surface area contributed by atoms with Crippen molar-refractivity contribution in [2.45, 2.75) is 79.7 Å². The van der Waals surface area contributed by atoms with Gasteiger partial charge in [-0.05, 0) is 95.0 Å². The second-order valence-electron chi connectivity index (χ2n) is 15.0. The number of ketones is 2. The molecule has 1 aliphatic heterocycles. The zero-order valence-electron chi connectivity index (χ0n) is 29.2. The van der Waals surface area contributed by atoms with Gasteiger partial charge in [-0.1, -0.05) is 76.2 Å². The fraction of sp³-hybridized carbons (Fsp3) is 0.390. The lowest BCUT2D eigenvalue weighted by Gasteiger charge is -2.49. The first kappa shape index (κ1) is 34.9. The Bertz CT molecular complexity index is 1820. The van der Waals surface area contributed by atoms with Crippen molar-refractivity contribution in [3.63, 3.8) is 0 Å². The van der Waals surface area contributed by atoms with E-state index in [9.17, 15) is 14.4 Å². The van der Waals surface area contributed by atoms with Crippen molar-refractivity contribution < 1.29 is 23.9 Å². The summed E-state index contributed by atoms with van der Waals surface area (Å²) < 4.78 is 13.0. The standard InChI is InChI=1S/C41H45IN2O5/c1-7-48-34-18-27(17-28(42)39(34)49-24-35(47)43-29-16-12-11-13-25(29)2)36-37-30(19-40(3,4)21-32(37)45)44(23-26-14-9-8-10-15-26)31-20-41(5,6)22-33(46)38(31)36/h8-18,36H,7,19-24H2,1-6H3,(H,43,47). The Morgan fingerprint density at radius 1 is 0.857 bits per heavy atom. The van der Waals surface area contributed by atoms with Crippen LogP contribution in [0.2, 0.25) is 0 Å². The average molecular weight is 773 g/mol. The van der Waals surface area contributed by atoms with Gasteiger partial charge in [-0.2, -0.15) is 0 Å². The van der Waals surface area contributed by atoms with Crippen LogP contribution >= 0.6 is 22.6 Å². The van der Waals surface area contributed by atoms with E-state index in [0.717, 1.165) is 50.2 Å². The summed E-state index contributed by atoms with van der Waals surface area (Å²) in [6.07, 6.45) is 2.29. The number of nitrogens with zero attached hydrogens (tertiary/aromatic N) is 1. The van der Waals surface area contributed by atoms with Crippen molar-refractivity contribution in [2.24, 2.45) is 10.8 Å². The highest BCUT2D eigenvalue weighted by atomic mass is 127. The number of allylic oxidation sites excluding steroid dienone is 4. The number of Topliss-reactive ketones (excluding diaryl/α,β-unsaturated/α-hetero) is 2. The van der Waals surface area contributed by atoms with Gasteiger partial charge in [0.05, 0.1) is 10.2 Å². The molecule has 1 heterocycles. The molecule has 0 fully saturated rings. The number of anilines is 1. The van der Waals surface area contributed by atoms with Crippen LogP contribution < -0.4 is 14.8 Å². The molecule has 3 aliphatic rings. The van der Waals surface area contributed by atoms with Crippen molar-refractivity contribution in [1.29, 1.82) is 0 Å². The van der Waals surface area contributed by atoms with Crippen LogP contribution in [0, 0.1) is 21.3 Å². The summed E-state index contributed by atoms with van der Waals surface area (Å²) in [6.45, 7) is 13.2. The molecule has 0 bridgehead atoms. The van der Waals surface area contributed by atoms with E-state index in [0.29, 0.717) is 48.6 Å². The lowest BCUT2D eigenvalue weighted by Crippen LogP contribution is -2.44. The highest BCUT2D eigenvalue weighted by Gasteiger charge is 2.49. The zero-order valence-corrected chi connectivity index (χ0v) is 31.4. The van der Waals surface area contributed by atoms with Crippen molar-refractivity contribution in [3.8, 4) is 11.5 Å². The molecule has 0 unspecified atom stereocenters. The third-order valence-electron chi connectivity index (χ3n) is 9.64. The monoisotopic (exact) mass is 772 g/mol. The predicted octanol–water partition coefficient (Wildman–Crippen LogP) is 8.90. The molecule has 0 saturated carbocycles. The quantitative estimate of drug-likeness (QED) is 0.219. The highest BCUT2D eigenvalue weighted by molar-refractivity contribution is 14.1. The van der Waals surface area contributed by atoms with Crippen molar-refractivity contribution in [1.82, 2.24) is 4.90 Å². The van der Waals surface area contributed by atoms with Crippen LogP contribution in [0.4, 0.5) is 5.69 Å². The summed E-state index contributed by atoms with van der Waals surface area (Å²) in [4.78, 5) is 43.9. The van der Waals surface area contributed by atoms with E-state index >= 15 is 0 Å². The van der Waals surface area contributed by atoms with Gasteiger partial charge in [-0.3, -0.25) is 14.4 Å². The molecule has 0 radical (unpaired) electrons. The Hall–Kier alpha value is -3.92. The van der Waals surface area contributed by atoms with Crippen LogP contribution in [0.15, 0.2) is 89.3 Å². The van der Waals surface area contributed by atoms with E-state index in [1.807, 2.05) is 68.4 Å². The second kappa shape index (κ2) is 13.8. The molecule has 2 aliphatic carbocycles. The van der Waals surface area contributed by atoms with Crippen LogP contribution in [-0.2, 0) is 20.9 Å². The molecule has 1 amide bonds. The molecular formula is C41H45IN2O5. The minimum atomic E-state index is -0.518. The second-order valence-corrected chi connectivity index (χ2v) is 16.2. The summed E-state index contributed by atoms with van der Waals surface area (Å²) in [5, 5.41) is 2.92. The summed E-state index contributed by atoms with van der Waals surface area (Å²) in [7, 11) is 0. The zero-order chi connectivity index (χ0) is 35.1. The Morgan fingerprint density at radius 2 is 1.45 bits per heavy atom. The number of nitrogens with one attached hydrogen (secondary N) is 1. The number of amides is 1. The fourth-order valence-electron chi connectivity index (χ4n) is 7.53. The maximum absolute atomic E-state index is 14.3. The van der Waals surface area contributed by atoms with Crippen LogP contribution in [0.25, 0.3) is 0 Å². The summed E-state index contributed by atoms with van der Waals surface area (Å²) in [6, 6.07) is 21.8. The largest absolute Gasteiger partial charge is 0.490 e. The summed E-state index contributed by atoms with van der Waals surface area (Å²) in [5.41, 5.74) is 6.67. The molecule has 0 spiro atoms. The van der Waals surface area contributed by atoms with Crippen molar-refractivity contribution >= 4 is 45.8 Å². The van der Waals surface area contributed by atoms with Gasteiger partial charge in [0.1, 0.15) is 0 Å². The Morgan fingerprint density at radius 3 is 2.04 bits per heavy atom. The third-order valence-corrected chi connectivity index (χ3v) is 10.4. The van der Waals surface area contributed by atoms with Crippen molar-refractivity contribution in [2.75, 3.05) is 18.5 Å². The SMILES string of the molecule is CCOc1cc(C2C3=C(CC(C)(C)CC3=O)N(Cc3ccccc3)C3=C2C(=O)CC(C)(C)C3)cc(I)c1OCC(=O)Nc1ccccc1C.